The minimum Gasteiger partial charge on any atom is -0.207 e. The highest BCUT2D eigenvalue weighted by atomic mass is 32.2. The van der Waals surface area contributed by atoms with Crippen LogP contribution in [-0.4, -0.2) is 24.8 Å². The molecule has 0 aromatic heterocycles. The number of nitrogens with zero attached hydrogens (tertiary/aromatic N) is 1. The van der Waals surface area contributed by atoms with Crippen LogP contribution in [0.2, 0.25) is 0 Å². The Balaban J connectivity index is 1.92. The first-order chi connectivity index (χ1) is 10.5. The summed E-state index contributed by atoms with van der Waals surface area (Å²) in [6.07, 6.45) is 1.94. The second kappa shape index (κ2) is 5.86. The number of hydrogen-bond acceptors (Lipinski definition) is 2. The Morgan fingerprint density at radius 2 is 1.45 bits per heavy atom. The fraction of sp³-hybridized carbons (Fsp3) is 0.333. The molecule has 3 rings (SSSR count). The molecule has 22 heavy (non-hydrogen) atoms. The van der Waals surface area contributed by atoms with Gasteiger partial charge in [-0.15, -0.1) is 0 Å². The van der Waals surface area contributed by atoms with Crippen LogP contribution in [0, 0.1) is 0 Å². The van der Waals surface area contributed by atoms with Crippen LogP contribution < -0.4 is 0 Å². The van der Waals surface area contributed by atoms with Crippen LogP contribution in [0.5, 0.6) is 0 Å². The van der Waals surface area contributed by atoms with E-state index in [-0.39, 0.29) is 12.1 Å². The van der Waals surface area contributed by atoms with Crippen molar-refractivity contribution < 1.29 is 8.42 Å². The van der Waals surface area contributed by atoms with Gasteiger partial charge in [0.2, 0.25) is 10.0 Å². The highest BCUT2D eigenvalue weighted by Gasteiger charge is 2.39. The Bertz CT molecular complexity index is 730. The van der Waals surface area contributed by atoms with Gasteiger partial charge in [-0.3, -0.25) is 0 Å². The summed E-state index contributed by atoms with van der Waals surface area (Å²) in [4.78, 5) is 0.382. The number of hydrogen-bond donors (Lipinski definition) is 0. The third-order valence-electron chi connectivity index (χ3n) is 3.95. The minimum atomic E-state index is -3.40. The minimum absolute atomic E-state index is 0.00806. The first-order valence-electron chi connectivity index (χ1n) is 7.69. The predicted octanol–water partition coefficient (Wildman–Crippen LogP) is 3.92. The molecule has 0 bridgehead atoms. The summed E-state index contributed by atoms with van der Waals surface area (Å²) in [6, 6.07) is 17.3. The van der Waals surface area contributed by atoms with Crippen LogP contribution in [-0.2, 0) is 10.0 Å². The molecule has 2 aromatic rings. The topological polar surface area (TPSA) is 37.4 Å². The second-order valence-electron chi connectivity index (χ2n) is 6.05. The van der Waals surface area contributed by atoms with Crippen molar-refractivity contribution in [2.24, 2.45) is 0 Å². The van der Waals surface area contributed by atoms with Crippen molar-refractivity contribution in [3.05, 3.63) is 54.6 Å². The number of rotatable bonds is 5. The van der Waals surface area contributed by atoms with E-state index < -0.39 is 10.0 Å². The molecule has 0 amide bonds. The van der Waals surface area contributed by atoms with Crippen molar-refractivity contribution in [1.29, 1.82) is 0 Å². The van der Waals surface area contributed by atoms with E-state index in [9.17, 15) is 8.42 Å². The molecule has 3 nitrogen and oxygen atoms in total. The molecule has 1 aliphatic rings. The third kappa shape index (κ3) is 2.94. The van der Waals surface area contributed by atoms with E-state index in [1.165, 1.54) is 0 Å². The highest BCUT2D eigenvalue weighted by molar-refractivity contribution is 7.89. The summed E-state index contributed by atoms with van der Waals surface area (Å²) in [7, 11) is -3.40. The Morgan fingerprint density at radius 3 is 1.95 bits per heavy atom. The first kappa shape index (κ1) is 15.3. The highest BCUT2D eigenvalue weighted by Crippen LogP contribution is 2.34. The zero-order valence-corrected chi connectivity index (χ0v) is 13.8. The maximum atomic E-state index is 12.8. The molecule has 2 aromatic carbocycles. The van der Waals surface area contributed by atoms with Gasteiger partial charge in [0.15, 0.2) is 0 Å². The third-order valence-corrected chi connectivity index (χ3v) is 6.10. The van der Waals surface area contributed by atoms with Gasteiger partial charge >= 0.3 is 0 Å². The van der Waals surface area contributed by atoms with Crippen LogP contribution in [0.25, 0.3) is 11.1 Å². The molecule has 0 saturated heterocycles. The molecule has 0 radical (unpaired) electrons. The van der Waals surface area contributed by atoms with Crippen LogP contribution in [0.1, 0.15) is 26.7 Å². The second-order valence-corrected chi connectivity index (χ2v) is 7.89. The molecule has 0 atom stereocenters. The first-order valence-corrected chi connectivity index (χ1v) is 9.13. The molecule has 1 aliphatic carbocycles. The number of benzene rings is 2. The molecular formula is C18H21NO2S. The van der Waals surface area contributed by atoms with E-state index in [2.05, 4.69) is 0 Å². The maximum Gasteiger partial charge on any atom is 0.243 e. The van der Waals surface area contributed by atoms with Crippen molar-refractivity contribution in [1.82, 2.24) is 4.31 Å². The van der Waals surface area contributed by atoms with Gasteiger partial charge in [0, 0.05) is 12.1 Å². The quantitative estimate of drug-likeness (QED) is 0.839. The SMILES string of the molecule is CC(C)N(C1CC1)S(=O)(=O)c1ccc(-c2ccccc2)cc1. The normalized spacial score (nSPS) is 15.5. The smallest absolute Gasteiger partial charge is 0.207 e. The lowest BCUT2D eigenvalue weighted by molar-refractivity contribution is 0.346. The van der Waals surface area contributed by atoms with Gasteiger partial charge in [-0.2, -0.15) is 4.31 Å². The average Bonchev–Trinajstić information content (AvgIpc) is 3.32. The Labute approximate surface area is 132 Å². The average molecular weight is 315 g/mol. The lowest BCUT2D eigenvalue weighted by atomic mass is 10.1. The molecule has 0 heterocycles. The fourth-order valence-electron chi connectivity index (χ4n) is 2.80. The predicted molar refractivity (Wildman–Crippen MR) is 89.1 cm³/mol. The Morgan fingerprint density at radius 1 is 0.909 bits per heavy atom. The van der Waals surface area contributed by atoms with E-state index in [0.717, 1.165) is 24.0 Å². The van der Waals surface area contributed by atoms with Crippen LogP contribution in [0.3, 0.4) is 0 Å². The Hall–Kier alpha value is -1.65. The standard InChI is InChI=1S/C18H21NO2S/c1-14(2)19(17-10-11-17)22(20,21)18-12-8-16(9-13-18)15-6-4-3-5-7-15/h3-9,12-14,17H,10-11H2,1-2H3. The lowest BCUT2D eigenvalue weighted by Crippen LogP contribution is -2.38. The fourth-order valence-corrected chi connectivity index (χ4v) is 4.68. The van der Waals surface area contributed by atoms with Gasteiger partial charge in [0.1, 0.15) is 0 Å². The lowest BCUT2D eigenvalue weighted by Gasteiger charge is -2.25. The van der Waals surface area contributed by atoms with Crippen LogP contribution in [0.15, 0.2) is 59.5 Å². The maximum absolute atomic E-state index is 12.8. The van der Waals surface area contributed by atoms with Crippen LogP contribution in [0.4, 0.5) is 0 Å². The molecule has 0 aliphatic heterocycles. The van der Waals surface area contributed by atoms with Crippen molar-refractivity contribution in [2.45, 2.75) is 43.7 Å². The van der Waals surface area contributed by atoms with Gasteiger partial charge in [-0.1, -0.05) is 42.5 Å². The summed E-state index contributed by atoms with van der Waals surface area (Å²) in [6.45, 7) is 3.88. The zero-order valence-electron chi connectivity index (χ0n) is 12.9. The number of sulfonamides is 1. The molecule has 0 unspecified atom stereocenters. The molecule has 1 fully saturated rings. The van der Waals surface area contributed by atoms with Crippen LogP contribution >= 0.6 is 0 Å². The van der Waals surface area contributed by atoms with Gasteiger partial charge in [-0.05, 0) is 49.9 Å². The summed E-state index contributed by atoms with van der Waals surface area (Å²) in [5.74, 6) is 0. The molecule has 0 spiro atoms. The van der Waals surface area contributed by atoms with Gasteiger partial charge in [0.05, 0.1) is 4.90 Å². The van der Waals surface area contributed by atoms with Crippen molar-refractivity contribution in [3.8, 4) is 11.1 Å². The van der Waals surface area contributed by atoms with E-state index in [1.54, 1.807) is 16.4 Å². The van der Waals surface area contributed by atoms with Gasteiger partial charge < -0.3 is 0 Å². The van der Waals surface area contributed by atoms with E-state index in [4.69, 9.17) is 0 Å². The van der Waals surface area contributed by atoms with Crippen molar-refractivity contribution >= 4 is 10.0 Å². The van der Waals surface area contributed by atoms with Gasteiger partial charge in [0.25, 0.3) is 0 Å². The molecular weight excluding hydrogens is 294 g/mol. The Kier molecular flexibility index (Phi) is 4.06. The van der Waals surface area contributed by atoms with E-state index >= 15 is 0 Å². The summed E-state index contributed by atoms with van der Waals surface area (Å²) in [5.41, 5.74) is 2.12. The van der Waals surface area contributed by atoms with Gasteiger partial charge in [-0.25, -0.2) is 8.42 Å². The molecule has 116 valence electrons. The van der Waals surface area contributed by atoms with E-state index in [1.807, 2.05) is 56.3 Å². The van der Waals surface area contributed by atoms with E-state index in [0.29, 0.717) is 4.90 Å². The summed E-state index contributed by atoms with van der Waals surface area (Å²) in [5, 5.41) is 0. The molecule has 4 heteroatoms. The van der Waals surface area contributed by atoms with Crippen molar-refractivity contribution in [3.63, 3.8) is 0 Å². The van der Waals surface area contributed by atoms with Crippen molar-refractivity contribution in [2.75, 3.05) is 0 Å². The monoisotopic (exact) mass is 315 g/mol. The zero-order chi connectivity index (χ0) is 15.7. The summed E-state index contributed by atoms with van der Waals surface area (Å²) < 4.78 is 27.3. The largest absolute Gasteiger partial charge is 0.243 e. The summed E-state index contributed by atoms with van der Waals surface area (Å²) >= 11 is 0. The molecule has 0 N–H and O–H groups in total. The molecule has 1 saturated carbocycles.